The highest BCUT2D eigenvalue weighted by atomic mass is 32.1. The molecular weight excluding hydrogens is 933 g/mol. The molecule has 10 aromatic rings. The zero-order valence-electron chi connectivity index (χ0n) is 44.9. The van der Waals surface area contributed by atoms with E-state index >= 15 is 0 Å². The lowest BCUT2D eigenvalue weighted by Gasteiger charge is -2.30. The number of fused-ring (bicyclic) bond motifs is 3. The van der Waals surface area contributed by atoms with Gasteiger partial charge in [0.15, 0.2) is 0 Å². The van der Waals surface area contributed by atoms with Crippen molar-refractivity contribution in [2.24, 2.45) is 0 Å². The summed E-state index contributed by atoms with van der Waals surface area (Å²) in [6, 6.07) is 78.2. The molecule has 73 heavy (non-hydrogen) atoms. The van der Waals surface area contributed by atoms with Gasteiger partial charge in [-0.25, -0.2) is 0 Å². The standard InChI is InChI=1S/C68H70N2SSi2/c1-67(2,3)49-27-31-51(32-28-49)69(52-35-40-56(41-36-52)72(7,8)9)55-39-44-58(60(45-55)47-21-15-13-16-22-47)64-61(48-23-17-14-18-24-48)46-62(65-59-25-19-20-26-63(59)71-66(64)65)70(53-33-29-50(30-34-53)68(4,5)6)54-37-42-57(43-38-54)73(10,11)12/h13-46H,1-12H3. The molecule has 0 saturated carbocycles. The van der Waals surface area contributed by atoms with Crippen molar-refractivity contribution in [1.82, 2.24) is 0 Å². The molecule has 1 heterocycles. The van der Waals surface area contributed by atoms with Crippen molar-refractivity contribution in [1.29, 1.82) is 0 Å². The highest BCUT2D eigenvalue weighted by Crippen LogP contribution is 2.54. The van der Waals surface area contributed by atoms with E-state index in [9.17, 15) is 0 Å². The summed E-state index contributed by atoms with van der Waals surface area (Å²) in [5.41, 5.74) is 16.8. The summed E-state index contributed by atoms with van der Waals surface area (Å²) in [5, 5.41) is 5.42. The third-order valence-corrected chi connectivity index (χ3v) is 19.9. The maximum atomic E-state index is 2.52. The number of hydrogen-bond acceptors (Lipinski definition) is 3. The fraction of sp³-hybridized carbons (Fsp3) is 0.206. The minimum absolute atomic E-state index is 0.0273. The van der Waals surface area contributed by atoms with E-state index in [1.807, 2.05) is 11.3 Å². The van der Waals surface area contributed by atoms with Crippen LogP contribution in [0.4, 0.5) is 34.1 Å². The molecular formula is C68H70N2SSi2. The van der Waals surface area contributed by atoms with Gasteiger partial charge in [0.1, 0.15) is 0 Å². The van der Waals surface area contributed by atoms with E-state index in [1.165, 1.54) is 80.7 Å². The van der Waals surface area contributed by atoms with Crippen molar-refractivity contribution >= 4 is 92.2 Å². The molecule has 0 N–H and O–H groups in total. The van der Waals surface area contributed by atoms with Gasteiger partial charge in [0.25, 0.3) is 0 Å². The van der Waals surface area contributed by atoms with Crippen LogP contribution in [0.3, 0.4) is 0 Å². The first-order valence-corrected chi connectivity index (χ1v) is 33.8. The van der Waals surface area contributed by atoms with Crippen LogP contribution in [0.1, 0.15) is 52.7 Å². The van der Waals surface area contributed by atoms with Gasteiger partial charge in [-0.3, -0.25) is 0 Å². The van der Waals surface area contributed by atoms with Gasteiger partial charge in [0.2, 0.25) is 0 Å². The Morgan fingerprint density at radius 3 is 1.25 bits per heavy atom. The van der Waals surface area contributed by atoms with Crippen LogP contribution >= 0.6 is 11.3 Å². The smallest absolute Gasteiger partial charge is 0.0775 e. The van der Waals surface area contributed by atoms with E-state index < -0.39 is 16.1 Å². The average Bonchev–Trinajstić information content (AvgIpc) is 3.77. The van der Waals surface area contributed by atoms with E-state index in [-0.39, 0.29) is 10.8 Å². The van der Waals surface area contributed by atoms with Crippen molar-refractivity contribution in [3.63, 3.8) is 0 Å². The van der Waals surface area contributed by atoms with Crippen LogP contribution in [0, 0.1) is 0 Å². The number of thiophene rings is 1. The minimum atomic E-state index is -1.57. The van der Waals surface area contributed by atoms with E-state index in [0.717, 1.165) is 28.4 Å². The summed E-state index contributed by atoms with van der Waals surface area (Å²) in [7, 11) is -3.10. The maximum Gasteiger partial charge on any atom is 0.0775 e. The lowest BCUT2D eigenvalue weighted by atomic mass is 9.86. The number of hydrogen-bond donors (Lipinski definition) is 0. The zero-order valence-corrected chi connectivity index (χ0v) is 47.7. The molecule has 0 saturated heterocycles. The first-order chi connectivity index (χ1) is 34.7. The van der Waals surface area contributed by atoms with Gasteiger partial charge in [-0.1, -0.05) is 225 Å². The summed E-state index contributed by atoms with van der Waals surface area (Å²) in [5.74, 6) is 0. The lowest BCUT2D eigenvalue weighted by molar-refractivity contribution is 0.590. The summed E-state index contributed by atoms with van der Waals surface area (Å²) < 4.78 is 2.54. The molecule has 0 radical (unpaired) electrons. The fourth-order valence-corrected chi connectivity index (χ4v) is 13.8. The first-order valence-electron chi connectivity index (χ1n) is 26.0. The van der Waals surface area contributed by atoms with Gasteiger partial charge in [0.05, 0.1) is 21.8 Å². The molecule has 10 rings (SSSR count). The normalized spacial score (nSPS) is 12.4. The topological polar surface area (TPSA) is 6.48 Å². The molecule has 0 aliphatic carbocycles. The molecule has 2 nitrogen and oxygen atoms in total. The van der Waals surface area contributed by atoms with Gasteiger partial charge >= 0.3 is 0 Å². The number of anilines is 6. The second-order valence-electron chi connectivity index (χ2n) is 23.9. The second-order valence-corrected chi connectivity index (χ2v) is 35.1. The Morgan fingerprint density at radius 1 is 0.370 bits per heavy atom. The number of rotatable bonds is 11. The van der Waals surface area contributed by atoms with Crippen LogP contribution < -0.4 is 20.2 Å². The Kier molecular flexibility index (Phi) is 13.1. The molecule has 366 valence electrons. The van der Waals surface area contributed by atoms with Gasteiger partial charge in [0, 0.05) is 54.2 Å². The Hall–Kier alpha value is -6.77. The van der Waals surface area contributed by atoms with Crippen molar-refractivity contribution in [3.05, 3.63) is 217 Å². The van der Waals surface area contributed by atoms with Gasteiger partial charge < -0.3 is 9.80 Å². The maximum absolute atomic E-state index is 2.52. The van der Waals surface area contributed by atoms with Crippen molar-refractivity contribution in [2.45, 2.75) is 91.7 Å². The molecule has 0 aliphatic heterocycles. The van der Waals surface area contributed by atoms with Gasteiger partial charge in [-0.15, -0.1) is 11.3 Å². The predicted molar refractivity (Wildman–Crippen MR) is 328 cm³/mol. The van der Waals surface area contributed by atoms with E-state index in [2.05, 4.69) is 297 Å². The zero-order chi connectivity index (χ0) is 51.5. The third kappa shape index (κ3) is 10.0. The molecule has 0 amide bonds. The quantitative estimate of drug-likeness (QED) is 0.119. The lowest BCUT2D eigenvalue weighted by Crippen LogP contribution is -2.37. The molecule has 0 bridgehead atoms. The van der Waals surface area contributed by atoms with Crippen LogP contribution in [0.2, 0.25) is 39.3 Å². The van der Waals surface area contributed by atoms with E-state index in [1.54, 1.807) is 0 Å². The van der Waals surface area contributed by atoms with Gasteiger partial charge in [-0.05, 0) is 123 Å². The Balaban J connectivity index is 1.28. The van der Waals surface area contributed by atoms with Gasteiger partial charge in [-0.2, -0.15) is 0 Å². The largest absolute Gasteiger partial charge is 0.310 e. The van der Waals surface area contributed by atoms with Crippen molar-refractivity contribution in [3.8, 4) is 33.4 Å². The molecule has 1 aromatic heterocycles. The molecule has 0 fully saturated rings. The van der Waals surface area contributed by atoms with Crippen LogP contribution in [0.15, 0.2) is 206 Å². The van der Waals surface area contributed by atoms with Crippen molar-refractivity contribution in [2.75, 3.05) is 9.80 Å². The summed E-state index contributed by atoms with van der Waals surface area (Å²) in [6.45, 7) is 28.3. The molecule has 0 spiro atoms. The SMILES string of the molecule is CC(C)(C)c1ccc(N(c2ccc([Si](C)(C)C)cc2)c2ccc(-c3c(-c4ccccc4)cc(N(c4ccc(C(C)(C)C)cc4)c4ccc([Si](C)(C)C)cc4)c4c3sc3ccccc34)c(-c3ccccc3)c2)cc1. The van der Waals surface area contributed by atoms with E-state index in [0.29, 0.717) is 0 Å². The molecule has 5 heteroatoms. The monoisotopic (exact) mass is 1000 g/mol. The molecule has 0 aliphatic rings. The Labute approximate surface area is 441 Å². The second kappa shape index (κ2) is 19.3. The Morgan fingerprint density at radius 2 is 0.781 bits per heavy atom. The minimum Gasteiger partial charge on any atom is -0.310 e. The molecule has 0 atom stereocenters. The van der Waals surface area contributed by atoms with E-state index in [4.69, 9.17) is 0 Å². The summed E-state index contributed by atoms with van der Waals surface area (Å²) in [6.07, 6.45) is 0. The van der Waals surface area contributed by atoms with Crippen LogP contribution in [-0.4, -0.2) is 16.1 Å². The third-order valence-electron chi connectivity index (χ3n) is 14.5. The summed E-state index contributed by atoms with van der Waals surface area (Å²) >= 11 is 1.91. The van der Waals surface area contributed by atoms with Crippen LogP contribution in [-0.2, 0) is 10.8 Å². The highest BCUT2D eigenvalue weighted by molar-refractivity contribution is 7.26. The number of nitrogens with zero attached hydrogens (tertiary/aromatic N) is 2. The predicted octanol–water partition coefficient (Wildman–Crippen LogP) is 19.7. The fourth-order valence-electron chi connectivity index (χ4n) is 10.2. The first kappa shape index (κ1) is 49.8. The van der Waals surface area contributed by atoms with Crippen LogP contribution in [0.5, 0.6) is 0 Å². The number of benzene rings is 9. The average molecular weight is 1000 g/mol. The molecule has 9 aromatic carbocycles. The highest BCUT2D eigenvalue weighted by Gasteiger charge is 2.28. The molecule has 0 unspecified atom stereocenters. The van der Waals surface area contributed by atoms with Crippen LogP contribution in [0.25, 0.3) is 53.6 Å². The summed E-state index contributed by atoms with van der Waals surface area (Å²) in [4.78, 5) is 4.97. The van der Waals surface area contributed by atoms with Crippen molar-refractivity contribution < 1.29 is 0 Å². The Bertz CT molecular complexity index is 3440.